The van der Waals surface area contributed by atoms with Gasteiger partial charge in [0.1, 0.15) is 0 Å². The summed E-state index contributed by atoms with van der Waals surface area (Å²) in [5.41, 5.74) is 1.68. The Hall–Kier alpha value is -1.16. The highest BCUT2D eigenvalue weighted by atomic mass is 16.3. The van der Waals surface area contributed by atoms with E-state index in [9.17, 15) is 5.11 Å². The summed E-state index contributed by atoms with van der Waals surface area (Å²) in [5.74, 6) is 1.66. The highest BCUT2D eigenvalue weighted by Gasteiger charge is 2.36. The Balaban J connectivity index is 1.90. The van der Waals surface area contributed by atoms with Crippen molar-refractivity contribution in [2.75, 3.05) is 11.4 Å². The zero-order valence-corrected chi connectivity index (χ0v) is 11.0. The Kier molecular flexibility index (Phi) is 3.20. The van der Waals surface area contributed by atoms with E-state index in [1.807, 2.05) is 13.0 Å². The molecule has 1 N–H and O–H groups in total. The molecule has 18 heavy (non-hydrogen) atoms. The van der Waals surface area contributed by atoms with Gasteiger partial charge in [0.2, 0.25) is 5.95 Å². The molecular formula is C14H21N3O. The smallest absolute Gasteiger partial charge is 0.226 e. The SMILES string of the molecule is Cc1cc(CO)nc(N2CCCC3CCCC32)n1. The maximum atomic E-state index is 9.26. The van der Waals surface area contributed by atoms with E-state index in [0.717, 1.165) is 29.8 Å². The first-order valence-electron chi connectivity index (χ1n) is 7.00. The number of rotatable bonds is 2. The summed E-state index contributed by atoms with van der Waals surface area (Å²) in [6.45, 7) is 3.04. The van der Waals surface area contributed by atoms with Crippen molar-refractivity contribution in [3.63, 3.8) is 0 Å². The minimum atomic E-state index is -0.00169. The van der Waals surface area contributed by atoms with Crippen molar-refractivity contribution < 1.29 is 5.11 Å². The van der Waals surface area contributed by atoms with Crippen molar-refractivity contribution in [2.24, 2.45) is 5.92 Å². The lowest BCUT2D eigenvalue weighted by Crippen LogP contribution is -2.43. The lowest BCUT2D eigenvalue weighted by atomic mass is 9.92. The molecule has 1 saturated heterocycles. The van der Waals surface area contributed by atoms with Crippen molar-refractivity contribution in [3.8, 4) is 0 Å². The number of aliphatic hydroxyl groups excluding tert-OH is 1. The summed E-state index contributed by atoms with van der Waals surface area (Å²) in [4.78, 5) is 11.5. The van der Waals surface area contributed by atoms with Crippen LogP contribution in [-0.4, -0.2) is 27.7 Å². The average Bonchev–Trinajstić information content (AvgIpc) is 2.85. The number of piperidine rings is 1. The summed E-state index contributed by atoms with van der Waals surface area (Å²) in [6.07, 6.45) is 6.58. The van der Waals surface area contributed by atoms with E-state index in [1.54, 1.807) is 0 Å². The molecule has 2 unspecified atom stereocenters. The number of hydrogen-bond donors (Lipinski definition) is 1. The van der Waals surface area contributed by atoms with Gasteiger partial charge in [0.25, 0.3) is 0 Å². The average molecular weight is 247 g/mol. The second kappa shape index (κ2) is 4.84. The maximum absolute atomic E-state index is 9.26. The molecule has 98 valence electrons. The van der Waals surface area contributed by atoms with Gasteiger partial charge >= 0.3 is 0 Å². The molecule has 2 aliphatic rings. The van der Waals surface area contributed by atoms with Gasteiger partial charge in [0.05, 0.1) is 12.3 Å². The van der Waals surface area contributed by atoms with Gasteiger partial charge in [0.15, 0.2) is 0 Å². The third-order valence-electron chi connectivity index (χ3n) is 4.31. The number of aryl methyl sites for hydroxylation is 1. The molecular weight excluding hydrogens is 226 g/mol. The van der Waals surface area contributed by atoms with Crippen LogP contribution in [0.5, 0.6) is 0 Å². The van der Waals surface area contributed by atoms with Gasteiger partial charge in [-0.3, -0.25) is 0 Å². The molecule has 2 fully saturated rings. The van der Waals surface area contributed by atoms with E-state index in [-0.39, 0.29) is 6.61 Å². The molecule has 2 atom stereocenters. The summed E-state index contributed by atoms with van der Waals surface area (Å²) >= 11 is 0. The number of anilines is 1. The Morgan fingerprint density at radius 2 is 2.11 bits per heavy atom. The fourth-order valence-corrected chi connectivity index (χ4v) is 3.53. The fourth-order valence-electron chi connectivity index (χ4n) is 3.53. The number of aliphatic hydroxyl groups is 1. The Bertz CT molecular complexity index is 435. The van der Waals surface area contributed by atoms with Crippen molar-refractivity contribution >= 4 is 5.95 Å². The van der Waals surface area contributed by atoms with Crippen LogP contribution in [0.15, 0.2) is 6.07 Å². The number of fused-ring (bicyclic) bond motifs is 1. The molecule has 1 aromatic rings. The molecule has 2 heterocycles. The van der Waals surface area contributed by atoms with Crippen molar-refractivity contribution in [2.45, 2.75) is 51.7 Å². The van der Waals surface area contributed by atoms with Crippen LogP contribution in [0.4, 0.5) is 5.95 Å². The maximum Gasteiger partial charge on any atom is 0.226 e. The first kappa shape index (κ1) is 11.9. The number of nitrogens with zero attached hydrogens (tertiary/aromatic N) is 3. The van der Waals surface area contributed by atoms with Crippen LogP contribution < -0.4 is 4.90 Å². The van der Waals surface area contributed by atoms with Crippen LogP contribution in [0, 0.1) is 12.8 Å². The van der Waals surface area contributed by atoms with Crippen LogP contribution in [0.1, 0.15) is 43.5 Å². The highest BCUT2D eigenvalue weighted by Crippen LogP contribution is 2.38. The quantitative estimate of drug-likeness (QED) is 0.869. The molecule has 0 bridgehead atoms. The summed E-state index contributed by atoms with van der Waals surface area (Å²) < 4.78 is 0. The Labute approximate surface area is 108 Å². The van der Waals surface area contributed by atoms with Gasteiger partial charge in [-0.2, -0.15) is 0 Å². The van der Waals surface area contributed by atoms with E-state index in [4.69, 9.17) is 0 Å². The summed E-state index contributed by atoms with van der Waals surface area (Å²) in [7, 11) is 0. The fraction of sp³-hybridized carbons (Fsp3) is 0.714. The monoisotopic (exact) mass is 247 g/mol. The summed E-state index contributed by atoms with van der Waals surface area (Å²) in [5, 5.41) is 9.26. The molecule has 0 radical (unpaired) electrons. The molecule has 0 spiro atoms. The minimum Gasteiger partial charge on any atom is -0.390 e. The van der Waals surface area contributed by atoms with Crippen molar-refractivity contribution in [1.82, 2.24) is 9.97 Å². The van der Waals surface area contributed by atoms with Crippen LogP contribution in [0.2, 0.25) is 0 Å². The minimum absolute atomic E-state index is 0.00169. The number of hydrogen-bond acceptors (Lipinski definition) is 4. The molecule has 0 aromatic carbocycles. The Morgan fingerprint density at radius 1 is 1.28 bits per heavy atom. The van der Waals surface area contributed by atoms with Gasteiger partial charge in [-0.05, 0) is 44.6 Å². The van der Waals surface area contributed by atoms with E-state index >= 15 is 0 Å². The molecule has 0 amide bonds. The van der Waals surface area contributed by atoms with Crippen molar-refractivity contribution in [1.29, 1.82) is 0 Å². The zero-order chi connectivity index (χ0) is 12.5. The van der Waals surface area contributed by atoms with E-state index < -0.39 is 0 Å². The number of aromatic nitrogens is 2. The summed E-state index contributed by atoms with van der Waals surface area (Å²) in [6, 6.07) is 2.49. The third kappa shape index (κ3) is 2.09. The van der Waals surface area contributed by atoms with Crippen LogP contribution >= 0.6 is 0 Å². The van der Waals surface area contributed by atoms with E-state index in [0.29, 0.717) is 6.04 Å². The standard InChI is InChI=1S/C14H21N3O/c1-10-8-12(9-18)16-14(15-10)17-7-3-5-11-4-2-6-13(11)17/h8,11,13,18H,2-7,9H2,1H3. The largest absolute Gasteiger partial charge is 0.390 e. The van der Waals surface area contributed by atoms with Gasteiger partial charge in [-0.15, -0.1) is 0 Å². The normalized spacial score (nSPS) is 27.3. The molecule has 4 nitrogen and oxygen atoms in total. The second-order valence-electron chi connectivity index (χ2n) is 5.55. The van der Waals surface area contributed by atoms with Crippen molar-refractivity contribution in [3.05, 3.63) is 17.5 Å². The van der Waals surface area contributed by atoms with Gasteiger partial charge in [-0.25, -0.2) is 9.97 Å². The molecule has 1 aliphatic carbocycles. The molecule has 1 saturated carbocycles. The zero-order valence-electron chi connectivity index (χ0n) is 11.0. The lowest BCUT2D eigenvalue weighted by molar-refractivity contribution is 0.276. The van der Waals surface area contributed by atoms with Gasteiger partial charge < -0.3 is 10.0 Å². The predicted octanol–water partition coefficient (Wildman–Crippen LogP) is 2.05. The lowest BCUT2D eigenvalue weighted by Gasteiger charge is -2.38. The third-order valence-corrected chi connectivity index (χ3v) is 4.31. The highest BCUT2D eigenvalue weighted by molar-refractivity contribution is 5.35. The van der Waals surface area contributed by atoms with E-state index in [1.165, 1.54) is 32.1 Å². The molecule has 1 aliphatic heterocycles. The first-order valence-corrected chi connectivity index (χ1v) is 7.00. The van der Waals surface area contributed by atoms with Gasteiger partial charge in [0, 0.05) is 18.3 Å². The molecule has 4 heteroatoms. The second-order valence-corrected chi connectivity index (χ2v) is 5.55. The van der Waals surface area contributed by atoms with Crippen LogP contribution in [0.25, 0.3) is 0 Å². The molecule has 3 rings (SSSR count). The first-order chi connectivity index (χ1) is 8.78. The van der Waals surface area contributed by atoms with Crippen LogP contribution in [0.3, 0.4) is 0 Å². The van der Waals surface area contributed by atoms with Gasteiger partial charge in [-0.1, -0.05) is 6.42 Å². The topological polar surface area (TPSA) is 49.3 Å². The molecule has 1 aromatic heterocycles. The Morgan fingerprint density at radius 3 is 2.94 bits per heavy atom. The van der Waals surface area contributed by atoms with Crippen LogP contribution in [-0.2, 0) is 6.61 Å². The predicted molar refractivity (Wildman–Crippen MR) is 70.4 cm³/mol. The van der Waals surface area contributed by atoms with E-state index in [2.05, 4.69) is 14.9 Å².